The highest BCUT2D eigenvalue weighted by Gasteiger charge is 2.14. The van der Waals surface area contributed by atoms with Gasteiger partial charge in [-0.1, -0.05) is 23.9 Å². The summed E-state index contributed by atoms with van der Waals surface area (Å²) < 4.78 is 24.4. The highest BCUT2D eigenvalue weighted by atomic mass is 32.2. The fourth-order valence-corrected chi connectivity index (χ4v) is 3.21. The van der Waals surface area contributed by atoms with E-state index in [-0.39, 0.29) is 11.4 Å². The van der Waals surface area contributed by atoms with Gasteiger partial charge in [-0.2, -0.15) is 0 Å². The van der Waals surface area contributed by atoms with E-state index in [4.69, 9.17) is 15.3 Å². The van der Waals surface area contributed by atoms with Crippen molar-refractivity contribution in [3.05, 3.63) is 58.1 Å². The molecule has 2 aromatic carbocycles. The number of fused-ring (bicyclic) bond motifs is 1. The molecule has 1 heterocycles. The molecule has 3 rings (SSSR count). The van der Waals surface area contributed by atoms with E-state index in [2.05, 4.69) is 4.98 Å². The molecule has 0 amide bonds. The Hall–Kier alpha value is -2.74. The fourth-order valence-electron chi connectivity index (χ4n) is 2.34. The smallest absolute Gasteiger partial charge is 0.280 e. The number of aromatic nitrogens is 2. The molecule has 0 spiro atoms. The molecule has 2 N–H and O–H groups in total. The van der Waals surface area contributed by atoms with Crippen LogP contribution in [0.1, 0.15) is 5.56 Å². The van der Waals surface area contributed by atoms with Crippen LogP contribution in [0.5, 0.6) is 11.5 Å². The normalized spacial score (nSPS) is 10.8. The Bertz CT molecular complexity index is 974. The molecule has 3 aromatic rings. The first-order chi connectivity index (χ1) is 12.0. The van der Waals surface area contributed by atoms with Crippen LogP contribution in [0.25, 0.3) is 10.9 Å². The first kappa shape index (κ1) is 17.1. The van der Waals surface area contributed by atoms with E-state index in [9.17, 15) is 9.18 Å². The third-order valence-electron chi connectivity index (χ3n) is 3.65. The van der Waals surface area contributed by atoms with Crippen LogP contribution in [0.3, 0.4) is 0 Å². The predicted octanol–water partition coefficient (Wildman–Crippen LogP) is 2.56. The van der Waals surface area contributed by atoms with E-state index in [1.54, 1.807) is 24.3 Å². The van der Waals surface area contributed by atoms with Crippen LogP contribution in [0.2, 0.25) is 0 Å². The molecule has 1 aromatic heterocycles. The molecule has 0 aliphatic rings. The molecule has 0 atom stereocenters. The highest BCUT2D eigenvalue weighted by Crippen LogP contribution is 2.31. The summed E-state index contributed by atoms with van der Waals surface area (Å²) in [6.45, 7) is 0. The maximum absolute atomic E-state index is 13.0. The summed E-state index contributed by atoms with van der Waals surface area (Å²) >= 11 is 1.29. The van der Waals surface area contributed by atoms with Crippen LogP contribution < -0.4 is 20.9 Å². The Morgan fingerprint density at radius 3 is 2.44 bits per heavy atom. The van der Waals surface area contributed by atoms with Crippen molar-refractivity contribution >= 4 is 22.7 Å². The van der Waals surface area contributed by atoms with Crippen molar-refractivity contribution in [1.29, 1.82) is 0 Å². The van der Waals surface area contributed by atoms with Gasteiger partial charge < -0.3 is 15.3 Å². The molecule has 0 bridgehead atoms. The van der Waals surface area contributed by atoms with Crippen LogP contribution in [0, 0.1) is 5.82 Å². The summed E-state index contributed by atoms with van der Waals surface area (Å²) in [5.74, 6) is 7.00. The lowest BCUT2D eigenvalue weighted by molar-refractivity contribution is 0.355. The number of nitrogen functional groups attached to an aromatic ring is 1. The lowest BCUT2D eigenvalue weighted by atomic mass is 10.2. The summed E-state index contributed by atoms with van der Waals surface area (Å²) in [4.78, 5) is 17.0. The van der Waals surface area contributed by atoms with E-state index < -0.39 is 0 Å². The number of ether oxygens (including phenoxy) is 2. The van der Waals surface area contributed by atoms with Gasteiger partial charge >= 0.3 is 0 Å². The average molecular weight is 361 g/mol. The third kappa shape index (κ3) is 3.39. The summed E-state index contributed by atoms with van der Waals surface area (Å²) in [6, 6.07) is 9.32. The average Bonchev–Trinajstić information content (AvgIpc) is 2.63. The minimum Gasteiger partial charge on any atom is -0.493 e. The first-order valence-electron chi connectivity index (χ1n) is 7.34. The van der Waals surface area contributed by atoms with Gasteiger partial charge in [0, 0.05) is 11.8 Å². The zero-order valence-electron chi connectivity index (χ0n) is 13.7. The number of hydrogen-bond acceptors (Lipinski definition) is 6. The minimum absolute atomic E-state index is 0.297. The topological polar surface area (TPSA) is 79.4 Å². The third-order valence-corrected chi connectivity index (χ3v) is 4.68. The van der Waals surface area contributed by atoms with Gasteiger partial charge in [0.05, 0.1) is 25.1 Å². The maximum atomic E-state index is 13.0. The fraction of sp³-hybridized carbons (Fsp3) is 0.176. The zero-order valence-corrected chi connectivity index (χ0v) is 14.5. The minimum atomic E-state index is -0.382. The Kier molecular flexibility index (Phi) is 4.80. The predicted molar refractivity (Wildman–Crippen MR) is 95.2 cm³/mol. The molecule has 0 unspecified atom stereocenters. The summed E-state index contributed by atoms with van der Waals surface area (Å²) in [6.07, 6.45) is 0. The molecule has 0 fully saturated rings. The number of methoxy groups -OCH3 is 2. The number of rotatable bonds is 5. The van der Waals surface area contributed by atoms with Crippen molar-refractivity contribution in [3.63, 3.8) is 0 Å². The molecule has 8 heteroatoms. The highest BCUT2D eigenvalue weighted by molar-refractivity contribution is 7.98. The van der Waals surface area contributed by atoms with Crippen LogP contribution in [0.4, 0.5) is 4.39 Å². The van der Waals surface area contributed by atoms with Gasteiger partial charge in [0.15, 0.2) is 16.7 Å². The Morgan fingerprint density at radius 2 is 1.80 bits per heavy atom. The van der Waals surface area contributed by atoms with Gasteiger partial charge in [0.1, 0.15) is 5.82 Å². The number of benzene rings is 2. The summed E-state index contributed by atoms with van der Waals surface area (Å²) in [5.41, 5.74) is 0.978. The summed E-state index contributed by atoms with van der Waals surface area (Å²) in [7, 11) is 3.00. The Balaban J connectivity index is 1.99. The molecular weight excluding hydrogens is 345 g/mol. The maximum Gasteiger partial charge on any atom is 0.280 e. The molecule has 25 heavy (non-hydrogen) atoms. The van der Waals surface area contributed by atoms with Crippen LogP contribution >= 0.6 is 11.8 Å². The van der Waals surface area contributed by atoms with Crippen molar-refractivity contribution in [1.82, 2.24) is 9.66 Å². The number of thioether (sulfide) groups is 1. The SMILES string of the molecule is COc1cc2nc(SCc3ccc(F)cc3)n(N)c(=O)c2cc1OC. The monoisotopic (exact) mass is 361 g/mol. The second kappa shape index (κ2) is 7.02. The van der Waals surface area contributed by atoms with Gasteiger partial charge in [-0.25, -0.2) is 14.1 Å². The number of nitrogens with zero attached hydrogens (tertiary/aromatic N) is 2. The molecule has 130 valence electrons. The van der Waals surface area contributed by atoms with Crippen molar-refractivity contribution in [3.8, 4) is 11.5 Å². The van der Waals surface area contributed by atoms with Crippen LogP contribution in [-0.2, 0) is 5.75 Å². The quantitative estimate of drug-likeness (QED) is 0.427. The largest absolute Gasteiger partial charge is 0.493 e. The van der Waals surface area contributed by atoms with Gasteiger partial charge in [0.2, 0.25) is 0 Å². The zero-order chi connectivity index (χ0) is 18.0. The molecule has 0 aliphatic heterocycles. The molecular formula is C17H16FN3O3S. The molecule has 0 radical (unpaired) electrons. The van der Waals surface area contributed by atoms with Gasteiger partial charge in [-0.3, -0.25) is 4.79 Å². The molecule has 0 saturated heterocycles. The number of hydrogen-bond donors (Lipinski definition) is 1. The number of halogens is 1. The Morgan fingerprint density at radius 1 is 1.16 bits per heavy atom. The van der Waals surface area contributed by atoms with Crippen molar-refractivity contribution in [2.24, 2.45) is 0 Å². The summed E-state index contributed by atoms with van der Waals surface area (Å²) in [5, 5.41) is 0.695. The van der Waals surface area contributed by atoms with Gasteiger partial charge in [0.25, 0.3) is 5.56 Å². The van der Waals surface area contributed by atoms with Crippen molar-refractivity contribution < 1.29 is 13.9 Å². The van der Waals surface area contributed by atoms with E-state index >= 15 is 0 Å². The van der Waals surface area contributed by atoms with Gasteiger partial charge in [-0.05, 0) is 23.8 Å². The second-order valence-electron chi connectivity index (χ2n) is 5.21. The lowest BCUT2D eigenvalue weighted by Gasteiger charge is -2.11. The van der Waals surface area contributed by atoms with E-state index in [0.717, 1.165) is 10.2 Å². The van der Waals surface area contributed by atoms with E-state index in [0.29, 0.717) is 33.3 Å². The van der Waals surface area contributed by atoms with Crippen LogP contribution in [0.15, 0.2) is 46.3 Å². The van der Waals surface area contributed by atoms with E-state index in [1.807, 2.05) is 0 Å². The van der Waals surface area contributed by atoms with Crippen molar-refractivity contribution in [2.75, 3.05) is 20.1 Å². The molecule has 0 aliphatic carbocycles. The standard InChI is InChI=1S/C17H16FN3O3S/c1-23-14-7-12-13(8-15(14)24-2)20-17(21(19)16(12)22)25-9-10-3-5-11(18)6-4-10/h3-8H,9,19H2,1-2H3. The van der Waals surface area contributed by atoms with Crippen molar-refractivity contribution in [2.45, 2.75) is 10.9 Å². The number of nitrogens with two attached hydrogens (primary N) is 1. The van der Waals surface area contributed by atoms with Crippen LogP contribution in [-0.4, -0.2) is 23.9 Å². The second-order valence-corrected chi connectivity index (χ2v) is 6.15. The van der Waals surface area contributed by atoms with Gasteiger partial charge in [-0.15, -0.1) is 0 Å². The van der Waals surface area contributed by atoms with E-state index in [1.165, 1.54) is 38.1 Å². The molecule has 0 saturated carbocycles. The molecule has 6 nitrogen and oxygen atoms in total. The Labute approximate surface area is 147 Å². The lowest BCUT2D eigenvalue weighted by Crippen LogP contribution is -2.29. The first-order valence-corrected chi connectivity index (χ1v) is 8.33.